The van der Waals surface area contributed by atoms with Gasteiger partial charge in [0.25, 0.3) is 0 Å². The van der Waals surface area contributed by atoms with Gasteiger partial charge in [0.2, 0.25) is 41.3 Å². The van der Waals surface area contributed by atoms with Crippen molar-refractivity contribution in [3.8, 4) is 22.8 Å². The van der Waals surface area contributed by atoms with Gasteiger partial charge in [-0.05, 0) is 101 Å². The number of rotatable bonds is 8. The van der Waals surface area contributed by atoms with Gasteiger partial charge in [0.1, 0.15) is 23.2 Å². The lowest BCUT2D eigenvalue weighted by Crippen LogP contribution is -2.56. The van der Waals surface area contributed by atoms with Crippen molar-refractivity contribution in [2.45, 2.75) is 88.4 Å². The van der Waals surface area contributed by atoms with Crippen molar-refractivity contribution in [3.05, 3.63) is 54.7 Å². The average molecular weight is 696 g/mol. The van der Waals surface area contributed by atoms with E-state index in [0.717, 1.165) is 5.56 Å². The van der Waals surface area contributed by atoms with Crippen LogP contribution >= 0.6 is 0 Å². The monoisotopic (exact) mass is 695 g/mol. The molecule has 1 aromatic heterocycles. The predicted octanol–water partition coefficient (Wildman–Crippen LogP) is 3.21. The number of carbonyl (C=O) groups is 6. The van der Waals surface area contributed by atoms with Gasteiger partial charge in [-0.2, -0.15) is 0 Å². The standard InChI is InChI=1S/C37H41N7O7/c1-36(17-15-29(45)41-36)34(49)43-19-3-5-26(43)31(47)39-24-11-7-22(8-12-24)28-21-38-33(51-28)23-9-13-25(14-10-23)40-32(48)27-6-4-20-44(27)35(50)37(2)18-16-30(46)42-37/h7-14,21,26-27H,3-6,15-20H2,1-2H3,(H,39,47)(H,40,48)(H,41,45)(H,42,46). The van der Waals surface area contributed by atoms with Gasteiger partial charge in [0, 0.05) is 48.4 Å². The highest BCUT2D eigenvalue weighted by atomic mass is 16.4. The van der Waals surface area contributed by atoms with E-state index in [9.17, 15) is 28.8 Å². The summed E-state index contributed by atoms with van der Waals surface area (Å²) in [5.74, 6) is -0.393. The third kappa shape index (κ3) is 6.69. The van der Waals surface area contributed by atoms with Crippen LogP contribution in [0.4, 0.5) is 11.4 Å². The molecule has 4 fully saturated rings. The molecule has 0 aliphatic carbocycles. The van der Waals surface area contributed by atoms with E-state index >= 15 is 0 Å². The molecule has 4 aliphatic heterocycles. The summed E-state index contributed by atoms with van der Waals surface area (Å²) in [6, 6.07) is 13.0. The molecule has 14 heteroatoms. The van der Waals surface area contributed by atoms with Crippen LogP contribution in [0.15, 0.2) is 59.1 Å². The van der Waals surface area contributed by atoms with Crippen LogP contribution in [0.3, 0.4) is 0 Å². The smallest absolute Gasteiger partial charge is 0.248 e. The maximum Gasteiger partial charge on any atom is 0.248 e. The minimum atomic E-state index is -0.981. The molecule has 266 valence electrons. The molecule has 51 heavy (non-hydrogen) atoms. The molecule has 0 saturated carbocycles. The number of nitrogens with one attached hydrogen (secondary N) is 4. The van der Waals surface area contributed by atoms with E-state index in [0.29, 0.717) is 93.0 Å². The fourth-order valence-corrected chi connectivity index (χ4v) is 7.52. The lowest BCUT2D eigenvalue weighted by molar-refractivity contribution is -0.142. The molecule has 7 rings (SSSR count). The van der Waals surface area contributed by atoms with E-state index in [-0.39, 0.29) is 35.4 Å². The third-order valence-corrected chi connectivity index (χ3v) is 10.5. The third-order valence-electron chi connectivity index (χ3n) is 10.5. The Morgan fingerprint density at radius 1 is 0.725 bits per heavy atom. The van der Waals surface area contributed by atoms with Gasteiger partial charge in [-0.25, -0.2) is 4.98 Å². The van der Waals surface area contributed by atoms with E-state index < -0.39 is 23.2 Å². The Hall–Kier alpha value is -5.53. The predicted molar refractivity (Wildman–Crippen MR) is 186 cm³/mol. The molecule has 5 heterocycles. The van der Waals surface area contributed by atoms with Gasteiger partial charge in [0.15, 0.2) is 5.76 Å². The number of likely N-dealkylation sites (tertiary alicyclic amines) is 2. The van der Waals surface area contributed by atoms with E-state index in [1.165, 1.54) is 0 Å². The molecule has 0 spiro atoms. The number of nitrogens with zero attached hydrogens (tertiary/aromatic N) is 3. The Morgan fingerprint density at radius 2 is 1.18 bits per heavy atom. The second-order valence-electron chi connectivity index (χ2n) is 14.2. The highest BCUT2D eigenvalue weighted by molar-refractivity contribution is 6.02. The Bertz CT molecular complexity index is 1760. The summed E-state index contributed by atoms with van der Waals surface area (Å²) in [6.45, 7) is 4.37. The maximum absolute atomic E-state index is 13.3. The Morgan fingerprint density at radius 3 is 1.61 bits per heavy atom. The largest absolute Gasteiger partial charge is 0.436 e. The molecule has 2 aromatic carbocycles. The van der Waals surface area contributed by atoms with Gasteiger partial charge in [-0.1, -0.05) is 0 Å². The van der Waals surface area contributed by atoms with Gasteiger partial charge < -0.3 is 35.5 Å². The number of hydrogen-bond donors (Lipinski definition) is 4. The summed E-state index contributed by atoms with van der Waals surface area (Å²) in [5, 5.41) is 11.4. The molecule has 14 nitrogen and oxygen atoms in total. The Labute approximate surface area is 294 Å². The van der Waals surface area contributed by atoms with Crippen LogP contribution < -0.4 is 21.3 Å². The highest BCUT2D eigenvalue weighted by Gasteiger charge is 2.48. The van der Waals surface area contributed by atoms with Crippen LogP contribution in [0.25, 0.3) is 22.8 Å². The summed E-state index contributed by atoms with van der Waals surface area (Å²) in [5.41, 5.74) is 0.631. The normalized spacial score (nSPS) is 25.8. The molecular weight excluding hydrogens is 654 g/mol. The molecule has 6 amide bonds. The topological polar surface area (TPSA) is 183 Å². The molecule has 0 bridgehead atoms. The van der Waals surface area contributed by atoms with Crippen molar-refractivity contribution in [2.24, 2.45) is 0 Å². The minimum absolute atomic E-state index is 0.153. The Balaban J connectivity index is 0.944. The van der Waals surface area contributed by atoms with Crippen LogP contribution in [0, 0.1) is 0 Å². The first kappa shape index (κ1) is 33.9. The van der Waals surface area contributed by atoms with Gasteiger partial charge in [0.05, 0.1) is 6.20 Å². The van der Waals surface area contributed by atoms with E-state index in [2.05, 4.69) is 26.3 Å². The first-order valence-electron chi connectivity index (χ1n) is 17.5. The molecule has 4 N–H and O–H groups in total. The number of benzene rings is 2. The van der Waals surface area contributed by atoms with Crippen LogP contribution in [-0.4, -0.2) is 86.5 Å². The summed E-state index contributed by atoms with van der Waals surface area (Å²) < 4.78 is 6.04. The fourth-order valence-electron chi connectivity index (χ4n) is 7.52. The zero-order chi connectivity index (χ0) is 35.9. The van der Waals surface area contributed by atoms with Crippen LogP contribution in [0.1, 0.15) is 65.2 Å². The van der Waals surface area contributed by atoms with Crippen molar-refractivity contribution in [2.75, 3.05) is 23.7 Å². The fraction of sp³-hybridized carbons (Fsp3) is 0.432. The van der Waals surface area contributed by atoms with Gasteiger partial charge >= 0.3 is 0 Å². The summed E-state index contributed by atoms with van der Waals surface area (Å²) in [4.78, 5) is 84.1. The van der Waals surface area contributed by atoms with Gasteiger partial charge in [-0.15, -0.1) is 0 Å². The summed E-state index contributed by atoms with van der Waals surface area (Å²) in [6.07, 6.45) is 5.56. The van der Waals surface area contributed by atoms with Crippen molar-refractivity contribution >= 4 is 46.8 Å². The van der Waals surface area contributed by atoms with E-state index in [1.54, 1.807) is 66.2 Å². The van der Waals surface area contributed by atoms with Crippen LogP contribution in [0.2, 0.25) is 0 Å². The maximum atomic E-state index is 13.3. The minimum Gasteiger partial charge on any atom is -0.436 e. The van der Waals surface area contributed by atoms with Crippen molar-refractivity contribution in [3.63, 3.8) is 0 Å². The van der Waals surface area contributed by atoms with Gasteiger partial charge in [-0.3, -0.25) is 28.8 Å². The summed E-state index contributed by atoms with van der Waals surface area (Å²) >= 11 is 0. The first-order valence-corrected chi connectivity index (χ1v) is 17.5. The molecule has 4 atom stereocenters. The molecule has 4 aliphatic rings. The second-order valence-corrected chi connectivity index (χ2v) is 14.2. The van der Waals surface area contributed by atoms with Crippen molar-refractivity contribution < 1.29 is 33.2 Å². The number of anilines is 2. The molecule has 4 unspecified atom stereocenters. The van der Waals surface area contributed by atoms with E-state index in [1.807, 2.05) is 12.1 Å². The quantitative estimate of drug-likeness (QED) is 0.277. The zero-order valence-corrected chi connectivity index (χ0v) is 28.6. The van der Waals surface area contributed by atoms with Crippen molar-refractivity contribution in [1.29, 1.82) is 0 Å². The SMILES string of the molecule is CC1(C(=O)N2CCCC2C(=O)Nc2ccc(-c3cnc(-c4ccc(NC(=O)C5CCCN5C(=O)C5(C)CCC(=O)N5)cc4)o3)cc2)CCC(=O)N1. The second kappa shape index (κ2) is 13.3. The number of carbonyl (C=O) groups excluding carboxylic acids is 6. The van der Waals surface area contributed by atoms with Crippen molar-refractivity contribution in [1.82, 2.24) is 25.4 Å². The van der Waals surface area contributed by atoms with Crippen LogP contribution in [-0.2, 0) is 28.8 Å². The van der Waals surface area contributed by atoms with E-state index in [4.69, 9.17) is 4.42 Å². The number of amides is 6. The average Bonchev–Trinajstić information content (AvgIpc) is 3.97. The number of aromatic nitrogens is 1. The molecular formula is C37H41N7O7. The highest BCUT2D eigenvalue weighted by Crippen LogP contribution is 2.31. The van der Waals surface area contributed by atoms with Crippen LogP contribution in [0.5, 0.6) is 0 Å². The zero-order valence-electron chi connectivity index (χ0n) is 28.6. The number of oxazole rings is 1. The molecule has 3 aromatic rings. The summed E-state index contributed by atoms with van der Waals surface area (Å²) in [7, 11) is 0. The first-order chi connectivity index (χ1) is 24.4. The lowest BCUT2D eigenvalue weighted by Gasteiger charge is -2.32. The molecule has 4 saturated heterocycles. The Kier molecular flexibility index (Phi) is 8.86. The lowest BCUT2D eigenvalue weighted by atomic mass is 9.98. The number of hydrogen-bond acceptors (Lipinski definition) is 8. The molecule has 0 radical (unpaired) electrons.